The highest BCUT2D eigenvalue weighted by Crippen LogP contribution is 2.16. The molecule has 2 N–H and O–H groups in total. The molecule has 2 rings (SSSR count). The van der Waals surface area contributed by atoms with Gasteiger partial charge in [0.25, 0.3) is 5.91 Å². The van der Waals surface area contributed by atoms with Crippen molar-refractivity contribution in [3.05, 3.63) is 47.8 Å². The van der Waals surface area contributed by atoms with Crippen LogP contribution in [-0.4, -0.2) is 36.5 Å². The Labute approximate surface area is 137 Å². The number of hydrogen-bond donors (Lipinski definition) is 2. The van der Waals surface area contributed by atoms with E-state index in [0.29, 0.717) is 18.7 Å². The van der Waals surface area contributed by atoms with Gasteiger partial charge in [-0.25, -0.2) is 9.97 Å². The Balaban J connectivity index is 1.98. The molecule has 23 heavy (non-hydrogen) atoms. The van der Waals surface area contributed by atoms with Crippen molar-refractivity contribution in [2.45, 2.75) is 19.9 Å². The van der Waals surface area contributed by atoms with Crippen molar-refractivity contribution in [3.8, 4) is 0 Å². The number of anilines is 2. The fourth-order valence-corrected chi connectivity index (χ4v) is 2.13. The Morgan fingerprint density at radius 3 is 2.70 bits per heavy atom. The van der Waals surface area contributed by atoms with Crippen LogP contribution >= 0.6 is 0 Å². The summed E-state index contributed by atoms with van der Waals surface area (Å²) in [5.74, 6) is 1.56. The van der Waals surface area contributed by atoms with E-state index < -0.39 is 0 Å². The smallest absolute Gasteiger partial charge is 0.252 e. The molecule has 1 amide bonds. The second kappa shape index (κ2) is 8.12. The van der Waals surface area contributed by atoms with E-state index in [1.54, 1.807) is 18.5 Å². The summed E-state index contributed by atoms with van der Waals surface area (Å²) in [5, 5.41) is 6.09. The number of aromatic nitrogens is 2. The van der Waals surface area contributed by atoms with Crippen molar-refractivity contribution in [3.63, 3.8) is 0 Å². The number of carbonyl (C=O) groups is 1. The molecule has 0 saturated heterocycles. The van der Waals surface area contributed by atoms with Crippen LogP contribution in [0.2, 0.25) is 0 Å². The fourth-order valence-electron chi connectivity index (χ4n) is 2.13. The van der Waals surface area contributed by atoms with Crippen LogP contribution in [0.4, 0.5) is 11.6 Å². The van der Waals surface area contributed by atoms with Crippen molar-refractivity contribution < 1.29 is 4.79 Å². The van der Waals surface area contributed by atoms with Crippen LogP contribution in [0.5, 0.6) is 0 Å². The van der Waals surface area contributed by atoms with Crippen LogP contribution < -0.4 is 15.5 Å². The summed E-state index contributed by atoms with van der Waals surface area (Å²) < 4.78 is 0. The number of nitrogens with one attached hydrogen (secondary N) is 2. The summed E-state index contributed by atoms with van der Waals surface area (Å²) in [7, 11) is 3.93. The number of nitrogens with zero attached hydrogens (tertiary/aromatic N) is 3. The molecular formula is C17H23N5O. The van der Waals surface area contributed by atoms with Crippen LogP contribution in [-0.2, 0) is 6.54 Å². The molecular weight excluding hydrogens is 290 g/mol. The van der Waals surface area contributed by atoms with E-state index in [2.05, 4.69) is 20.6 Å². The van der Waals surface area contributed by atoms with E-state index in [0.717, 1.165) is 23.6 Å². The molecule has 2 aromatic rings. The lowest BCUT2D eigenvalue weighted by molar-refractivity contribution is 0.0953. The molecule has 0 unspecified atom stereocenters. The summed E-state index contributed by atoms with van der Waals surface area (Å²) in [6.45, 7) is 3.31. The second-order valence-electron chi connectivity index (χ2n) is 5.42. The number of rotatable bonds is 7. The van der Waals surface area contributed by atoms with Gasteiger partial charge in [0, 0.05) is 45.1 Å². The van der Waals surface area contributed by atoms with E-state index >= 15 is 0 Å². The maximum absolute atomic E-state index is 11.8. The van der Waals surface area contributed by atoms with Crippen molar-refractivity contribution in [2.24, 2.45) is 0 Å². The van der Waals surface area contributed by atoms with E-state index in [1.165, 1.54) is 0 Å². The maximum atomic E-state index is 11.8. The number of amides is 1. The highest BCUT2D eigenvalue weighted by Gasteiger charge is 2.07. The summed E-state index contributed by atoms with van der Waals surface area (Å²) >= 11 is 0. The van der Waals surface area contributed by atoms with Gasteiger partial charge in [-0.15, -0.1) is 0 Å². The largest absolute Gasteiger partial charge is 0.366 e. The average Bonchev–Trinajstić information content (AvgIpc) is 2.58. The quantitative estimate of drug-likeness (QED) is 0.821. The van der Waals surface area contributed by atoms with Gasteiger partial charge < -0.3 is 15.5 Å². The van der Waals surface area contributed by atoms with Crippen molar-refractivity contribution >= 4 is 17.5 Å². The van der Waals surface area contributed by atoms with Crippen LogP contribution in [0.3, 0.4) is 0 Å². The number of pyridine rings is 2. The standard InChI is InChI=1S/C17H23N5O/c1-4-9-19-17(23)14-7-8-15(21-12-14)20-11-13-6-5-10-18-16(13)22(2)3/h5-8,10,12H,4,9,11H2,1-3H3,(H,19,23)(H,20,21). The van der Waals surface area contributed by atoms with Gasteiger partial charge in [-0.05, 0) is 24.6 Å². The van der Waals surface area contributed by atoms with Crippen LogP contribution in [0.25, 0.3) is 0 Å². The third-order valence-corrected chi connectivity index (χ3v) is 3.31. The number of carbonyl (C=O) groups excluding carboxylic acids is 1. The van der Waals surface area contributed by atoms with Gasteiger partial charge in [-0.1, -0.05) is 13.0 Å². The lowest BCUT2D eigenvalue weighted by Gasteiger charge is -2.16. The van der Waals surface area contributed by atoms with Gasteiger partial charge in [0.1, 0.15) is 11.6 Å². The molecule has 0 fully saturated rings. The van der Waals surface area contributed by atoms with Crippen molar-refractivity contribution in [1.82, 2.24) is 15.3 Å². The molecule has 2 aromatic heterocycles. The van der Waals surface area contributed by atoms with E-state index in [-0.39, 0.29) is 5.91 Å². The Bertz CT molecular complexity index is 640. The van der Waals surface area contributed by atoms with Crippen LogP contribution in [0, 0.1) is 0 Å². The lowest BCUT2D eigenvalue weighted by Crippen LogP contribution is -2.24. The fraction of sp³-hybridized carbons (Fsp3) is 0.353. The highest BCUT2D eigenvalue weighted by atomic mass is 16.1. The number of hydrogen-bond acceptors (Lipinski definition) is 5. The first-order valence-corrected chi connectivity index (χ1v) is 7.71. The van der Waals surface area contributed by atoms with Crippen LogP contribution in [0.15, 0.2) is 36.7 Å². The minimum Gasteiger partial charge on any atom is -0.366 e. The summed E-state index contributed by atoms with van der Waals surface area (Å²) in [6, 6.07) is 7.53. The molecule has 0 atom stereocenters. The molecule has 0 bridgehead atoms. The summed E-state index contributed by atoms with van der Waals surface area (Å²) in [4.78, 5) is 22.5. The zero-order valence-corrected chi connectivity index (χ0v) is 13.8. The first-order chi connectivity index (χ1) is 11.1. The average molecular weight is 313 g/mol. The predicted molar refractivity (Wildman–Crippen MR) is 92.8 cm³/mol. The molecule has 0 spiro atoms. The molecule has 2 heterocycles. The zero-order valence-electron chi connectivity index (χ0n) is 13.8. The summed E-state index contributed by atoms with van der Waals surface area (Å²) in [5.41, 5.74) is 1.66. The third kappa shape index (κ3) is 4.67. The Kier molecular flexibility index (Phi) is 5.91. The Morgan fingerprint density at radius 2 is 2.04 bits per heavy atom. The van der Waals surface area contributed by atoms with Gasteiger partial charge in [0.15, 0.2) is 0 Å². The van der Waals surface area contributed by atoms with Crippen LogP contribution in [0.1, 0.15) is 29.3 Å². The SMILES string of the molecule is CCCNC(=O)c1ccc(NCc2cccnc2N(C)C)nc1. The molecule has 0 aromatic carbocycles. The van der Waals surface area contributed by atoms with Gasteiger partial charge in [-0.2, -0.15) is 0 Å². The van der Waals surface area contributed by atoms with E-state index in [1.807, 2.05) is 44.1 Å². The highest BCUT2D eigenvalue weighted by molar-refractivity contribution is 5.94. The van der Waals surface area contributed by atoms with Gasteiger partial charge in [-0.3, -0.25) is 4.79 Å². The molecule has 0 aliphatic rings. The molecule has 6 heteroatoms. The molecule has 6 nitrogen and oxygen atoms in total. The Morgan fingerprint density at radius 1 is 1.22 bits per heavy atom. The van der Waals surface area contributed by atoms with Crippen molar-refractivity contribution in [1.29, 1.82) is 0 Å². The first-order valence-electron chi connectivity index (χ1n) is 7.71. The zero-order chi connectivity index (χ0) is 16.7. The normalized spacial score (nSPS) is 10.2. The maximum Gasteiger partial charge on any atom is 0.252 e. The third-order valence-electron chi connectivity index (χ3n) is 3.31. The first kappa shape index (κ1) is 16.7. The predicted octanol–water partition coefficient (Wildman–Crippen LogP) is 2.29. The van der Waals surface area contributed by atoms with E-state index in [9.17, 15) is 4.79 Å². The lowest BCUT2D eigenvalue weighted by atomic mass is 10.2. The minimum atomic E-state index is -0.0898. The van der Waals surface area contributed by atoms with Gasteiger partial charge in [0.05, 0.1) is 5.56 Å². The Hall–Kier alpha value is -2.63. The summed E-state index contributed by atoms with van der Waals surface area (Å²) in [6.07, 6.45) is 4.28. The molecule has 122 valence electrons. The molecule has 0 radical (unpaired) electrons. The minimum absolute atomic E-state index is 0.0898. The van der Waals surface area contributed by atoms with Gasteiger partial charge in [0.2, 0.25) is 0 Å². The molecule has 0 aliphatic carbocycles. The topological polar surface area (TPSA) is 70.2 Å². The second-order valence-corrected chi connectivity index (χ2v) is 5.42. The van der Waals surface area contributed by atoms with E-state index in [4.69, 9.17) is 0 Å². The molecule has 0 aliphatic heterocycles. The molecule has 0 saturated carbocycles. The van der Waals surface area contributed by atoms with Gasteiger partial charge >= 0.3 is 0 Å². The monoisotopic (exact) mass is 313 g/mol. The van der Waals surface area contributed by atoms with Crippen molar-refractivity contribution in [2.75, 3.05) is 30.9 Å².